The molecule has 6 heteroatoms. The van der Waals surface area contributed by atoms with Crippen LogP contribution in [0.3, 0.4) is 0 Å². The van der Waals surface area contributed by atoms with Crippen molar-refractivity contribution in [3.05, 3.63) is 40.2 Å². The minimum atomic E-state index is -0.407. The lowest BCUT2D eigenvalue weighted by atomic mass is 10.1. The summed E-state index contributed by atoms with van der Waals surface area (Å²) in [4.78, 5) is 19.8. The molecule has 2 aromatic rings. The maximum absolute atomic E-state index is 13.5. The number of fused-ring (bicyclic) bond motifs is 1. The Morgan fingerprint density at radius 1 is 1.46 bits per heavy atom. The second-order valence-electron chi connectivity index (χ2n) is 6.65. The van der Waals surface area contributed by atoms with Crippen LogP contribution in [0.5, 0.6) is 0 Å². The first kappa shape index (κ1) is 17.0. The third-order valence-corrected chi connectivity index (χ3v) is 4.77. The van der Waals surface area contributed by atoms with Crippen LogP contribution in [-0.4, -0.2) is 40.1 Å². The van der Waals surface area contributed by atoms with Gasteiger partial charge in [-0.3, -0.25) is 14.3 Å². The number of aromatic nitrogens is 2. The summed E-state index contributed by atoms with van der Waals surface area (Å²) in [7, 11) is 1.74. The van der Waals surface area contributed by atoms with Crippen molar-refractivity contribution in [2.45, 2.75) is 38.8 Å². The predicted molar refractivity (Wildman–Crippen MR) is 93.6 cm³/mol. The van der Waals surface area contributed by atoms with Crippen LogP contribution in [0, 0.1) is 5.82 Å². The molecular formula is C18H25FN4O. The quantitative estimate of drug-likeness (QED) is 0.933. The van der Waals surface area contributed by atoms with E-state index in [9.17, 15) is 9.18 Å². The highest BCUT2D eigenvalue weighted by Gasteiger charge is 2.27. The Balaban J connectivity index is 2.08. The molecule has 24 heavy (non-hydrogen) atoms. The molecule has 0 aliphatic carbocycles. The van der Waals surface area contributed by atoms with Gasteiger partial charge in [0.05, 0.1) is 16.9 Å². The lowest BCUT2D eigenvalue weighted by Crippen LogP contribution is -2.51. The Morgan fingerprint density at radius 3 is 2.96 bits per heavy atom. The molecule has 1 aliphatic rings. The van der Waals surface area contributed by atoms with Gasteiger partial charge in [0.1, 0.15) is 11.6 Å². The van der Waals surface area contributed by atoms with E-state index in [2.05, 4.69) is 24.1 Å². The van der Waals surface area contributed by atoms with Gasteiger partial charge < -0.3 is 5.32 Å². The zero-order valence-electron chi connectivity index (χ0n) is 14.6. The fourth-order valence-electron chi connectivity index (χ4n) is 3.55. The fourth-order valence-corrected chi connectivity index (χ4v) is 3.55. The molecule has 0 amide bonds. The molecule has 0 bridgehead atoms. The van der Waals surface area contributed by atoms with E-state index >= 15 is 0 Å². The zero-order chi connectivity index (χ0) is 17.3. The highest BCUT2D eigenvalue weighted by molar-refractivity contribution is 5.77. The zero-order valence-corrected chi connectivity index (χ0v) is 14.6. The molecule has 0 unspecified atom stereocenters. The Kier molecular flexibility index (Phi) is 4.96. The summed E-state index contributed by atoms with van der Waals surface area (Å²) in [5, 5.41) is 3.79. The van der Waals surface area contributed by atoms with Gasteiger partial charge in [-0.15, -0.1) is 0 Å². The lowest BCUT2D eigenvalue weighted by Gasteiger charge is -2.38. The molecule has 1 aromatic heterocycles. The minimum absolute atomic E-state index is 0.103. The largest absolute Gasteiger partial charge is 0.312 e. The van der Waals surface area contributed by atoms with Crippen molar-refractivity contribution in [2.75, 3.05) is 19.6 Å². The van der Waals surface area contributed by atoms with E-state index in [1.807, 2.05) is 0 Å². The van der Waals surface area contributed by atoms with Gasteiger partial charge >= 0.3 is 0 Å². The first-order valence-electron chi connectivity index (χ1n) is 8.65. The first-order chi connectivity index (χ1) is 11.5. The van der Waals surface area contributed by atoms with Crippen molar-refractivity contribution in [3.63, 3.8) is 0 Å². The number of nitrogens with one attached hydrogen (secondary N) is 1. The van der Waals surface area contributed by atoms with Crippen LogP contribution in [0.1, 0.15) is 38.6 Å². The summed E-state index contributed by atoms with van der Waals surface area (Å²) >= 11 is 0. The molecule has 1 saturated heterocycles. The molecule has 1 N–H and O–H groups in total. The van der Waals surface area contributed by atoms with Crippen molar-refractivity contribution in [1.29, 1.82) is 0 Å². The average Bonchev–Trinajstić information content (AvgIpc) is 2.57. The van der Waals surface area contributed by atoms with E-state index < -0.39 is 5.82 Å². The number of rotatable bonds is 4. The van der Waals surface area contributed by atoms with E-state index in [1.54, 1.807) is 17.7 Å². The molecule has 0 radical (unpaired) electrons. The molecule has 130 valence electrons. The summed E-state index contributed by atoms with van der Waals surface area (Å²) in [5.74, 6) is 0.366. The van der Waals surface area contributed by atoms with Crippen LogP contribution in [0.25, 0.3) is 10.9 Å². The van der Waals surface area contributed by atoms with Crippen molar-refractivity contribution in [2.24, 2.45) is 7.05 Å². The van der Waals surface area contributed by atoms with Crippen LogP contribution in [0.2, 0.25) is 0 Å². The normalized spacial score (nSPS) is 20.4. The van der Waals surface area contributed by atoms with E-state index in [4.69, 9.17) is 4.98 Å². The predicted octanol–water partition coefficient (Wildman–Crippen LogP) is 2.21. The van der Waals surface area contributed by atoms with E-state index in [0.29, 0.717) is 16.9 Å². The molecule has 1 fully saturated rings. The van der Waals surface area contributed by atoms with Crippen LogP contribution in [-0.2, 0) is 7.05 Å². The lowest BCUT2D eigenvalue weighted by molar-refractivity contribution is 0.132. The molecule has 2 heterocycles. The van der Waals surface area contributed by atoms with E-state index in [1.165, 1.54) is 12.1 Å². The summed E-state index contributed by atoms with van der Waals surface area (Å²) in [6.07, 6.45) is 1.96. The maximum atomic E-state index is 13.5. The Labute approximate surface area is 141 Å². The number of hydrogen-bond acceptors (Lipinski definition) is 4. The van der Waals surface area contributed by atoms with Crippen molar-refractivity contribution in [3.8, 4) is 0 Å². The number of nitrogens with zero attached hydrogens (tertiary/aromatic N) is 3. The molecule has 5 nitrogen and oxygen atoms in total. The molecule has 1 aromatic carbocycles. The topological polar surface area (TPSA) is 50.2 Å². The van der Waals surface area contributed by atoms with Crippen molar-refractivity contribution >= 4 is 10.9 Å². The number of hydrogen-bond donors (Lipinski definition) is 1. The van der Waals surface area contributed by atoms with Gasteiger partial charge in [0.15, 0.2) is 0 Å². The van der Waals surface area contributed by atoms with Crippen LogP contribution in [0.15, 0.2) is 23.0 Å². The number of benzene rings is 1. The molecule has 2 atom stereocenters. The van der Waals surface area contributed by atoms with Gasteiger partial charge in [-0.25, -0.2) is 9.37 Å². The van der Waals surface area contributed by atoms with E-state index in [0.717, 1.165) is 38.3 Å². The summed E-state index contributed by atoms with van der Waals surface area (Å²) in [6.45, 7) is 7.13. The maximum Gasteiger partial charge on any atom is 0.261 e. The first-order valence-corrected chi connectivity index (χ1v) is 8.65. The number of halogens is 1. The molecular weight excluding hydrogens is 307 g/mol. The van der Waals surface area contributed by atoms with Gasteiger partial charge in [-0.1, -0.05) is 13.3 Å². The van der Waals surface area contributed by atoms with Crippen molar-refractivity contribution in [1.82, 2.24) is 19.8 Å². The number of piperazine rings is 1. The fraction of sp³-hybridized carbons (Fsp3) is 0.556. The molecule has 0 saturated carbocycles. The average molecular weight is 332 g/mol. The monoisotopic (exact) mass is 332 g/mol. The Bertz CT molecular complexity index is 788. The van der Waals surface area contributed by atoms with Gasteiger partial charge in [0.2, 0.25) is 0 Å². The van der Waals surface area contributed by atoms with Gasteiger partial charge in [0.25, 0.3) is 5.56 Å². The summed E-state index contributed by atoms with van der Waals surface area (Å²) < 4.78 is 15.1. The van der Waals surface area contributed by atoms with Crippen LogP contribution in [0.4, 0.5) is 4.39 Å². The van der Waals surface area contributed by atoms with Gasteiger partial charge in [-0.2, -0.15) is 0 Å². The van der Waals surface area contributed by atoms with E-state index in [-0.39, 0.29) is 11.6 Å². The smallest absolute Gasteiger partial charge is 0.261 e. The third kappa shape index (κ3) is 3.21. The summed E-state index contributed by atoms with van der Waals surface area (Å²) in [6, 6.07) is 4.76. The van der Waals surface area contributed by atoms with Gasteiger partial charge in [0, 0.05) is 32.7 Å². The van der Waals surface area contributed by atoms with Crippen molar-refractivity contribution < 1.29 is 4.39 Å². The molecule has 1 aliphatic heterocycles. The Hall–Kier alpha value is -1.79. The highest BCUT2D eigenvalue weighted by atomic mass is 19.1. The highest BCUT2D eigenvalue weighted by Crippen LogP contribution is 2.25. The summed E-state index contributed by atoms with van der Waals surface area (Å²) in [5.41, 5.74) is 0.387. The SMILES string of the molecule is CCC[C@H](c1nc2ccc(F)cc2c(=O)n1C)N1CCN[C@@H](C)C1. The Morgan fingerprint density at radius 2 is 2.25 bits per heavy atom. The minimum Gasteiger partial charge on any atom is -0.312 e. The molecule has 0 spiro atoms. The van der Waals surface area contributed by atoms with Crippen LogP contribution < -0.4 is 10.9 Å². The van der Waals surface area contributed by atoms with Gasteiger partial charge in [-0.05, 0) is 31.5 Å². The standard InChI is InChI=1S/C18H25FN4O/c1-4-5-16(23-9-8-20-12(2)11-23)17-21-15-7-6-13(19)10-14(15)18(24)22(17)3/h6-7,10,12,16,20H,4-5,8-9,11H2,1-3H3/t12-,16+/m0/s1. The second kappa shape index (κ2) is 6.99. The van der Waals surface area contributed by atoms with Crippen LogP contribution >= 0.6 is 0 Å². The second-order valence-corrected chi connectivity index (χ2v) is 6.65. The third-order valence-electron chi connectivity index (χ3n) is 4.77. The molecule has 3 rings (SSSR count).